The second-order valence-corrected chi connectivity index (χ2v) is 6.50. The van der Waals surface area contributed by atoms with Crippen LogP contribution in [0.15, 0.2) is 23.6 Å². The lowest BCUT2D eigenvalue weighted by atomic mass is 10.1. The van der Waals surface area contributed by atoms with Crippen LogP contribution >= 0.6 is 22.9 Å². The number of hydrogen-bond acceptors (Lipinski definition) is 3. The molecule has 0 radical (unpaired) electrons. The molecule has 0 unspecified atom stereocenters. The molecule has 112 valence electrons. The SMILES string of the molecule is CCN(Cc1ccc(-c2nc(CCl)cs2)cc1F)C1CC1. The van der Waals surface area contributed by atoms with Crippen LogP contribution in [0.1, 0.15) is 31.0 Å². The van der Waals surface area contributed by atoms with Crippen molar-refractivity contribution in [3.63, 3.8) is 0 Å². The van der Waals surface area contributed by atoms with Gasteiger partial charge in [-0.1, -0.05) is 19.1 Å². The van der Waals surface area contributed by atoms with E-state index < -0.39 is 0 Å². The van der Waals surface area contributed by atoms with Crippen molar-refractivity contribution in [1.82, 2.24) is 9.88 Å². The fraction of sp³-hybridized carbons (Fsp3) is 0.438. The number of rotatable bonds is 6. The smallest absolute Gasteiger partial charge is 0.128 e. The van der Waals surface area contributed by atoms with Crippen LogP contribution in [0.4, 0.5) is 4.39 Å². The molecule has 0 saturated heterocycles. The van der Waals surface area contributed by atoms with E-state index in [4.69, 9.17) is 11.6 Å². The molecule has 0 amide bonds. The van der Waals surface area contributed by atoms with Gasteiger partial charge in [-0.3, -0.25) is 4.90 Å². The minimum atomic E-state index is -0.144. The predicted molar refractivity (Wildman–Crippen MR) is 86.2 cm³/mol. The van der Waals surface area contributed by atoms with Gasteiger partial charge in [-0.15, -0.1) is 22.9 Å². The molecule has 1 aliphatic carbocycles. The third-order valence-corrected chi connectivity index (χ3v) is 5.05. The minimum absolute atomic E-state index is 0.144. The van der Waals surface area contributed by atoms with Crippen molar-refractivity contribution in [3.05, 3.63) is 40.7 Å². The van der Waals surface area contributed by atoms with Gasteiger partial charge in [-0.2, -0.15) is 0 Å². The van der Waals surface area contributed by atoms with Crippen molar-refractivity contribution in [3.8, 4) is 10.6 Å². The second kappa shape index (κ2) is 6.42. The highest BCUT2D eigenvalue weighted by atomic mass is 35.5. The fourth-order valence-corrected chi connectivity index (χ4v) is 3.51. The van der Waals surface area contributed by atoms with Gasteiger partial charge in [0, 0.05) is 29.1 Å². The molecular weight excluding hydrogens is 307 g/mol. The number of aromatic nitrogens is 1. The molecule has 1 aromatic heterocycles. The van der Waals surface area contributed by atoms with Gasteiger partial charge < -0.3 is 0 Å². The summed E-state index contributed by atoms with van der Waals surface area (Å²) in [5.41, 5.74) is 2.43. The summed E-state index contributed by atoms with van der Waals surface area (Å²) in [6, 6.07) is 6.08. The molecule has 1 saturated carbocycles. The summed E-state index contributed by atoms with van der Waals surface area (Å²) in [6.45, 7) is 3.79. The van der Waals surface area contributed by atoms with Crippen LogP contribution in [0.2, 0.25) is 0 Å². The predicted octanol–water partition coefficient (Wildman–Crippen LogP) is 4.67. The van der Waals surface area contributed by atoms with E-state index in [9.17, 15) is 4.39 Å². The first-order valence-corrected chi connectivity index (χ1v) is 8.66. The lowest BCUT2D eigenvalue weighted by molar-refractivity contribution is 0.265. The molecule has 21 heavy (non-hydrogen) atoms. The maximum absolute atomic E-state index is 14.3. The molecule has 3 rings (SSSR count). The highest BCUT2D eigenvalue weighted by Crippen LogP contribution is 2.30. The summed E-state index contributed by atoms with van der Waals surface area (Å²) in [5, 5.41) is 2.74. The van der Waals surface area contributed by atoms with Gasteiger partial charge in [0.05, 0.1) is 11.6 Å². The van der Waals surface area contributed by atoms with Gasteiger partial charge in [0.15, 0.2) is 0 Å². The number of alkyl halides is 1. The molecular formula is C16H18ClFN2S. The Bertz CT molecular complexity index is 624. The zero-order valence-corrected chi connectivity index (χ0v) is 13.6. The maximum atomic E-state index is 14.3. The van der Waals surface area contributed by atoms with Crippen LogP contribution in [0.5, 0.6) is 0 Å². The lowest BCUT2D eigenvalue weighted by Gasteiger charge is -2.20. The van der Waals surface area contributed by atoms with Gasteiger partial charge in [0.25, 0.3) is 0 Å². The van der Waals surface area contributed by atoms with Crippen molar-refractivity contribution in [2.45, 2.75) is 38.2 Å². The molecule has 2 nitrogen and oxygen atoms in total. The van der Waals surface area contributed by atoms with Crippen molar-refractivity contribution in [2.75, 3.05) is 6.54 Å². The maximum Gasteiger partial charge on any atom is 0.128 e. The highest BCUT2D eigenvalue weighted by Gasteiger charge is 2.28. The standard InChI is InChI=1S/C16H18ClFN2S/c1-2-20(14-5-6-14)9-12-4-3-11(7-15(12)18)16-19-13(8-17)10-21-16/h3-4,7,10,14H,2,5-6,8-9H2,1H3. The third-order valence-electron chi connectivity index (χ3n) is 3.83. The normalized spacial score (nSPS) is 14.9. The van der Waals surface area contributed by atoms with E-state index in [0.29, 0.717) is 18.5 Å². The van der Waals surface area contributed by atoms with E-state index in [1.807, 2.05) is 17.5 Å². The second-order valence-electron chi connectivity index (χ2n) is 5.38. The third kappa shape index (κ3) is 3.44. The van der Waals surface area contributed by atoms with E-state index >= 15 is 0 Å². The zero-order valence-electron chi connectivity index (χ0n) is 12.0. The van der Waals surface area contributed by atoms with Crippen molar-refractivity contribution in [1.29, 1.82) is 0 Å². The Morgan fingerprint density at radius 3 is 2.81 bits per heavy atom. The Morgan fingerprint density at radius 2 is 2.24 bits per heavy atom. The van der Waals surface area contributed by atoms with E-state index in [2.05, 4.69) is 16.8 Å². The van der Waals surface area contributed by atoms with E-state index in [-0.39, 0.29) is 5.82 Å². The number of hydrogen-bond donors (Lipinski definition) is 0. The van der Waals surface area contributed by atoms with Crippen LogP contribution < -0.4 is 0 Å². The molecule has 0 bridgehead atoms. The van der Waals surface area contributed by atoms with Crippen molar-refractivity contribution < 1.29 is 4.39 Å². The van der Waals surface area contributed by atoms with E-state index in [1.54, 1.807) is 6.07 Å². The molecule has 0 N–H and O–H groups in total. The van der Waals surface area contributed by atoms with Crippen LogP contribution in [0.3, 0.4) is 0 Å². The topological polar surface area (TPSA) is 16.1 Å². The minimum Gasteiger partial charge on any atom is -0.296 e. The summed E-state index contributed by atoms with van der Waals surface area (Å²) in [7, 11) is 0. The Labute approximate surface area is 133 Å². The molecule has 1 fully saturated rings. The molecule has 1 heterocycles. The first-order valence-electron chi connectivity index (χ1n) is 7.24. The molecule has 2 aromatic rings. The van der Waals surface area contributed by atoms with Gasteiger partial charge in [0.1, 0.15) is 10.8 Å². The summed E-state index contributed by atoms with van der Waals surface area (Å²) < 4.78 is 14.3. The Kier molecular flexibility index (Phi) is 4.57. The molecule has 1 aliphatic rings. The largest absolute Gasteiger partial charge is 0.296 e. The van der Waals surface area contributed by atoms with Crippen molar-refractivity contribution >= 4 is 22.9 Å². The monoisotopic (exact) mass is 324 g/mol. The Balaban J connectivity index is 1.78. The van der Waals surface area contributed by atoms with E-state index in [0.717, 1.165) is 28.4 Å². The molecule has 0 atom stereocenters. The van der Waals surface area contributed by atoms with Crippen molar-refractivity contribution in [2.24, 2.45) is 0 Å². The molecule has 1 aromatic carbocycles. The van der Waals surface area contributed by atoms with Crippen LogP contribution in [-0.4, -0.2) is 22.5 Å². The first-order chi connectivity index (χ1) is 10.2. The summed E-state index contributed by atoms with van der Waals surface area (Å²) in [6.07, 6.45) is 2.49. The number of benzene rings is 1. The summed E-state index contributed by atoms with van der Waals surface area (Å²) >= 11 is 7.26. The molecule has 0 aliphatic heterocycles. The summed E-state index contributed by atoms with van der Waals surface area (Å²) in [5.74, 6) is 0.249. The average Bonchev–Trinajstić information content (AvgIpc) is 3.22. The average molecular weight is 325 g/mol. The van der Waals surface area contributed by atoms with Gasteiger partial charge in [-0.25, -0.2) is 9.37 Å². The molecule has 5 heteroatoms. The number of nitrogens with zero attached hydrogens (tertiary/aromatic N) is 2. The Morgan fingerprint density at radius 1 is 1.43 bits per heavy atom. The zero-order chi connectivity index (χ0) is 14.8. The first kappa shape index (κ1) is 14.9. The quantitative estimate of drug-likeness (QED) is 0.718. The number of halogens is 2. The van der Waals surface area contributed by atoms with Gasteiger partial charge in [-0.05, 0) is 25.5 Å². The fourth-order valence-electron chi connectivity index (χ4n) is 2.47. The number of thiazole rings is 1. The van der Waals surface area contributed by atoms with Gasteiger partial charge >= 0.3 is 0 Å². The molecule has 0 spiro atoms. The lowest BCUT2D eigenvalue weighted by Crippen LogP contribution is -2.25. The van der Waals surface area contributed by atoms with E-state index in [1.165, 1.54) is 24.2 Å². The summed E-state index contributed by atoms with van der Waals surface area (Å²) in [4.78, 5) is 6.73. The van der Waals surface area contributed by atoms with Crippen LogP contribution in [-0.2, 0) is 12.4 Å². The Hall–Kier alpha value is -0.970. The van der Waals surface area contributed by atoms with Crippen LogP contribution in [0, 0.1) is 5.82 Å². The van der Waals surface area contributed by atoms with Crippen LogP contribution in [0.25, 0.3) is 10.6 Å². The highest BCUT2D eigenvalue weighted by molar-refractivity contribution is 7.13. The van der Waals surface area contributed by atoms with Gasteiger partial charge in [0.2, 0.25) is 0 Å².